The van der Waals surface area contributed by atoms with Gasteiger partial charge in [-0.3, -0.25) is 0 Å². The van der Waals surface area contributed by atoms with E-state index in [1.807, 2.05) is 0 Å². The van der Waals surface area contributed by atoms with Crippen LogP contribution in [0.2, 0.25) is 0 Å². The van der Waals surface area contributed by atoms with Crippen molar-refractivity contribution in [2.75, 3.05) is 18.1 Å². The SMILES string of the molecule is CCOc1ccc(Br)cc1S(=O)(=O)N[C@@]1(C)CCS(=O)(=O)C1. The fourth-order valence-corrected chi connectivity index (χ4v) is 6.74. The zero-order valence-electron chi connectivity index (χ0n) is 12.3. The minimum atomic E-state index is -3.90. The van der Waals surface area contributed by atoms with Gasteiger partial charge in [-0.25, -0.2) is 21.6 Å². The summed E-state index contributed by atoms with van der Waals surface area (Å²) in [5.74, 6) is 0.0303. The van der Waals surface area contributed by atoms with E-state index in [1.165, 1.54) is 6.07 Å². The standard InChI is InChI=1S/C13H18BrNO5S2/c1-3-20-11-5-4-10(14)8-12(11)22(18,19)15-13(2)6-7-21(16,17)9-13/h4-5,8,15H,3,6-7,9H2,1-2H3/t13-/m0/s1. The highest BCUT2D eigenvalue weighted by Gasteiger charge is 2.42. The minimum absolute atomic E-state index is 0.00533. The average molecular weight is 412 g/mol. The molecular weight excluding hydrogens is 394 g/mol. The summed E-state index contributed by atoms with van der Waals surface area (Å²) in [7, 11) is -7.10. The van der Waals surface area contributed by atoms with Crippen LogP contribution in [0, 0.1) is 0 Å². The molecule has 1 aliphatic rings. The molecule has 1 atom stereocenters. The quantitative estimate of drug-likeness (QED) is 0.795. The molecule has 1 saturated heterocycles. The number of benzene rings is 1. The Bertz CT molecular complexity index is 776. The summed E-state index contributed by atoms with van der Waals surface area (Å²) in [6.45, 7) is 3.69. The van der Waals surface area contributed by atoms with Crippen LogP contribution in [0.1, 0.15) is 20.3 Å². The zero-order valence-corrected chi connectivity index (χ0v) is 15.5. The van der Waals surface area contributed by atoms with Crippen molar-refractivity contribution in [3.05, 3.63) is 22.7 Å². The molecule has 1 fully saturated rings. The summed E-state index contributed by atoms with van der Waals surface area (Å²) >= 11 is 3.24. The molecule has 124 valence electrons. The molecule has 1 aliphatic heterocycles. The van der Waals surface area contributed by atoms with Crippen molar-refractivity contribution in [3.8, 4) is 5.75 Å². The Morgan fingerprint density at radius 1 is 1.41 bits per heavy atom. The normalized spacial score (nSPS) is 24.3. The highest BCUT2D eigenvalue weighted by Crippen LogP contribution is 2.31. The third-order valence-electron chi connectivity index (χ3n) is 3.38. The summed E-state index contributed by atoms with van der Waals surface area (Å²) in [4.78, 5) is -0.00533. The Morgan fingerprint density at radius 3 is 2.64 bits per heavy atom. The van der Waals surface area contributed by atoms with E-state index in [0.29, 0.717) is 11.1 Å². The number of ether oxygens (including phenoxy) is 1. The first-order chi connectivity index (χ1) is 10.1. The zero-order chi connectivity index (χ0) is 16.6. The van der Waals surface area contributed by atoms with Crippen molar-refractivity contribution < 1.29 is 21.6 Å². The summed E-state index contributed by atoms with van der Waals surface area (Å²) in [6.07, 6.45) is 0.256. The maximum absolute atomic E-state index is 12.6. The molecule has 1 aromatic carbocycles. The first-order valence-corrected chi connectivity index (χ1v) is 10.8. The minimum Gasteiger partial charge on any atom is -0.492 e. The maximum atomic E-state index is 12.6. The molecule has 0 amide bonds. The molecule has 1 N–H and O–H groups in total. The Kier molecular flexibility index (Phi) is 4.91. The van der Waals surface area contributed by atoms with Crippen molar-refractivity contribution in [2.24, 2.45) is 0 Å². The van der Waals surface area contributed by atoms with Crippen LogP contribution in [0.15, 0.2) is 27.6 Å². The van der Waals surface area contributed by atoms with Crippen LogP contribution in [-0.2, 0) is 19.9 Å². The molecule has 1 heterocycles. The molecule has 6 nitrogen and oxygen atoms in total. The van der Waals surface area contributed by atoms with Gasteiger partial charge in [-0.1, -0.05) is 15.9 Å². The lowest BCUT2D eigenvalue weighted by Gasteiger charge is -2.24. The summed E-state index contributed by atoms with van der Waals surface area (Å²) in [5.41, 5.74) is -0.997. The number of sulfonamides is 1. The number of rotatable bonds is 5. The second kappa shape index (κ2) is 6.10. The van der Waals surface area contributed by atoms with Gasteiger partial charge in [0, 0.05) is 10.0 Å². The molecule has 0 unspecified atom stereocenters. The van der Waals surface area contributed by atoms with E-state index >= 15 is 0 Å². The van der Waals surface area contributed by atoms with Gasteiger partial charge in [0.15, 0.2) is 9.84 Å². The second-order valence-corrected chi connectivity index (χ2v) is 10.3. The molecule has 0 radical (unpaired) electrons. The van der Waals surface area contributed by atoms with E-state index in [4.69, 9.17) is 4.74 Å². The third-order valence-corrected chi connectivity index (χ3v) is 7.44. The second-order valence-electron chi connectivity index (χ2n) is 5.53. The van der Waals surface area contributed by atoms with Gasteiger partial charge in [-0.15, -0.1) is 0 Å². The van der Waals surface area contributed by atoms with Gasteiger partial charge in [0.25, 0.3) is 0 Å². The fourth-order valence-electron chi connectivity index (χ4n) is 2.44. The molecule has 0 aromatic heterocycles. The predicted molar refractivity (Wildman–Crippen MR) is 87.3 cm³/mol. The number of nitrogens with one attached hydrogen (secondary N) is 1. The van der Waals surface area contributed by atoms with Gasteiger partial charge in [0.2, 0.25) is 10.0 Å². The van der Waals surface area contributed by atoms with E-state index < -0.39 is 25.4 Å². The van der Waals surface area contributed by atoms with Crippen LogP contribution in [0.5, 0.6) is 5.75 Å². The van der Waals surface area contributed by atoms with E-state index in [9.17, 15) is 16.8 Å². The molecule has 1 aromatic rings. The van der Waals surface area contributed by atoms with Gasteiger partial charge >= 0.3 is 0 Å². The molecule has 0 aliphatic carbocycles. The first kappa shape index (κ1) is 17.7. The largest absolute Gasteiger partial charge is 0.492 e. The number of hydrogen-bond acceptors (Lipinski definition) is 5. The molecule has 0 spiro atoms. The Morgan fingerprint density at radius 2 is 2.09 bits per heavy atom. The van der Waals surface area contributed by atoms with E-state index in [1.54, 1.807) is 26.0 Å². The predicted octanol–water partition coefficient (Wildman–Crippen LogP) is 1.70. The summed E-state index contributed by atoms with van der Waals surface area (Å²) in [5, 5.41) is 0. The van der Waals surface area contributed by atoms with Crippen molar-refractivity contribution >= 4 is 35.8 Å². The van der Waals surface area contributed by atoms with Gasteiger partial charge in [-0.2, -0.15) is 0 Å². The molecule has 9 heteroatoms. The van der Waals surface area contributed by atoms with Crippen molar-refractivity contribution in [1.29, 1.82) is 0 Å². The lowest BCUT2D eigenvalue weighted by molar-refractivity contribution is 0.330. The van der Waals surface area contributed by atoms with E-state index in [2.05, 4.69) is 20.7 Å². The molecular formula is C13H18BrNO5S2. The highest BCUT2D eigenvalue weighted by molar-refractivity contribution is 9.10. The van der Waals surface area contributed by atoms with Gasteiger partial charge in [0.05, 0.1) is 18.1 Å². The lowest BCUT2D eigenvalue weighted by atomic mass is 10.0. The van der Waals surface area contributed by atoms with Crippen LogP contribution in [0.25, 0.3) is 0 Å². The Balaban J connectivity index is 2.37. The molecule has 2 rings (SSSR count). The smallest absolute Gasteiger partial charge is 0.244 e. The van der Waals surface area contributed by atoms with Crippen molar-refractivity contribution in [3.63, 3.8) is 0 Å². The Labute approximate surface area is 139 Å². The number of halogens is 1. The van der Waals surface area contributed by atoms with Gasteiger partial charge in [-0.05, 0) is 38.5 Å². The highest BCUT2D eigenvalue weighted by atomic mass is 79.9. The number of sulfone groups is 1. The first-order valence-electron chi connectivity index (χ1n) is 6.74. The summed E-state index contributed by atoms with van der Waals surface area (Å²) < 4.78 is 57.0. The van der Waals surface area contributed by atoms with Crippen LogP contribution >= 0.6 is 15.9 Å². The van der Waals surface area contributed by atoms with E-state index in [0.717, 1.165) is 0 Å². The topological polar surface area (TPSA) is 89.5 Å². The van der Waals surface area contributed by atoms with Crippen LogP contribution in [-0.4, -0.2) is 40.5 Å². The number of hydrogen-bond donors (Lipinski definition) is 1. The van der Waals surface area contributed by atoms with E-state index in [-0.39, 0.29) is 28.6 Å². The lowest BCUT2D eigenvalue weighted by Crippen LogP contribution is -2.46. The molecule has 0 bridgehead atoms. The summed E-state index contributed by atoms with van der Waals surface area (Å²) in [6, 6.07) is 4.70. The van der Waals surface area contributed by atoms with Crippen LogP contribution < -0.4 is 9.46 Å². The van der Waals surface area contributed by atoms with Gasteiger partial charge in [0.1, 0.15) is 10.6 Å². The maximum Gasteiger partial charge on any atom is 0.244 e. The monoisotopic (exact) mass is 411 g/mol. The Hall–Kier alpha value is -0.640. The molecule has 0 saturated carbocycles. The third kappa shape index (κ3) is 4.01. The van der Waals surface area contributed by atoms with Crippen LogP contribution in [0.3, 0.4) is 0 Å². The fraction of sp³-hybridized carbons (Fsp3) is 0.538. The van der Waals surface area contributed by atoms with Crippen LogP contribution in [0.4, 0.5) is 0 Å². The average Bonchev–Trinajstić information content (AvgIpc) is 2.64. The van der Waals surface area contributed by atoms with Gasteiger partial charge < -0.3 is 4.74 Å². The molecule has 22 heavy (non-hydrogen) atoms. The van der Waals surface area contributed by atoms with Crippen molar-refractivity contribution in [1.82, 2.24) is 4.72 Å². The van der Waals surface area contributed by atoms with Crippen molar-refractivity contribution in [2.45, 2.75) is 30.7 Å².